The Bertz CT molecular complexity index is 657. The predicted octanol–water partition coefficient (Wildman–Crippen LogP) is 3.83. The molecule has 0 aromatic heterocycles. The van der Waals surface area contributed by atoms with Gasteiger partial charge in [0.1, 0.15) is 17.5 Å². The molecular formula is C22H36IN3O3. The van der Waals surface area contributed by atoms with Crippen LogP contribution in [0.5, 0.6) is 5.75 Å². The van der Waals surface area contributed by atoms with Crippen LogP contribution in [-0.4, -0.2) is 61.5 Å². The fourth-order valence-corrected chi connectivity index (χ4v) is 3.64. The molecule has 29 heavy (non-hydrogen) atoms. The van der Waals surface area contributed by atoms with Gasteiger partial charge in [0, 0.05) is 31.8 Å². The number of nitrogens with one attached hydrogen (secondary N) is 1. The van der Waals surface area contributed by atoms with Crippen LogP contribution >= 0.6 is 24.0 Å². The lowest BCUT2D eigenvalue weighted by Crippen LogP contribution is -2.53. The van der Waals surface area contributed by atoms with Crippen molar-refractivity contribution in [2.24, 2.45) is 4.99 Å². The molecule has 0 spiro atoms. The van der Waals surface area contributed by atoms with Crippen LogP contribution in [0.4, 0.5) is 0 Å². The predicted molar refractivity (Wildman–Crippen MR) is 127 cm³/mol. The van der Waals surface area contributed by atoms with Gasteiger partial charge in [0.25, 0.3) is 0 Å². The van der Waals surface area contributed by atoms with Crippen LogP contribution in [0.1, 0.15) is 46.1 Å². The lowest BCUT2D eigenvalue weighted by molar-refractivity contribution is -0.0817. The number of morpholine rings is 1. The van der Waals surface area contributed by atoms with Crippen molar-refractivity contribution in [2.45, 2.75) is 64.9 Å². The average Bonchev–Trinajstić information content (AvgIpc) is 3.20. The Balaban J connectivity index is 0.00000300. The molecule has 1 aromatic rings. The Labute approximate surface area is 192 Å². The second-order valence-corrected chi connectivity index (χ2v) is 8.40. The van der Waals surface area contributed by atoms with Crippen molar-refractivity contribution >= 4 is 29.9 Å². The minimum Gasteiger partial charge on any atom is -0.488 e. The minimum absolute atomic E-state index is 0. The van der Waals surface area contributed by atoms with Gasteiger partial charge in [-0.15, -0.1) is 24.0 Å². The molecule has 164 valence electrons. The maximum atomic E-state index is 6.12. The van der Waals surface area contributed by atoms with Gasteiger partial charge < -0.3 is 24.4 Å². The molecule has 2 unspecified atom stereocenters. The quantitative estimate of drug-likeness (QED) is 0.366. The summed E-state index contributed by atoms with van der Waals surface area (Å²) in [6, 6.07) is 8.15. The van der Waals surface area contributed by atoms with E-state index in [4.69, 9.17) is 19.2 Å². The molecule has 3 rings (SSSR count). The van der Waals surface area contributed by atoms with Gasteiger partial charge in [-0.25, -0.2) is 4.99 Å². The number of hydrogen-bond acceptors (Lipinski definition) is 4. The van der Waals surface area contributed by atoms with Gasteiger partial charge in [0.2, 0.25) is 0 Å². The molecule has 1 aromatic carbocycles. The van der Waals surface area contributed by atoms with Crippen molar-refractivity contribution in [2.75, 3.05) is 32.8 Å². The van der Waals surface area contributed by atoms with E-state index in [1.54, 1.807) is 0 Å². The Morgan fingerprint density at radius 3 is 2.66 bits per heavy atom. The first-order valence-corrected chi connectivity index (χ1v) is 10.5. The van der Waals surface area contributed by atoms with Crippen LogP contribution in [0.2, 0.25) is 0 Å². The average molecular weight is 517 g/mol. The number of rotatable bonds is 5. The third-order valence-corrected chi connectivity index (χ3v) is 4.90. The number of halogens is 1. The Hall–Kier alpha value is -1.06. The number of benzene rings is 1. The monoisotopic (exact) mass is 517 g/mol. The van der Waals surface area contributed by atoms with Crippen molar-refractivity contribution in [3.05, 3.63) is 29.8 Å². The van der Waals surface area contributed by atoms with Gasteiger partial charge in [-0.1, -0.05) is 18.2 Å². The van der Waals surface area contributed by atoms with E-state index in [1.807, 2.05) is 18.2 Å². The molecular weight excluding hydrogens is 481 g/mol. The molecule has 0 aliphatic carbocycles. The summed E-state index contributed by atoms with van der Waals surface area (Å²) in [4.78, 5) is 7.21. The van der Waals surface area contributed by atoms with Gasteiger partial charge in [-0.3, -0.25) is 0 Å². The second-order valence-electron chi connectivity index (χ2n) is 8.40. The van der Waals surface area contributed by atoms with Crippen LogP contribution in [0.3, 0.4) is 0 Å². The summed E-state index contributed by atoms with van der Waals surface area (Å²) >= 11 is 0. The fraction of sp³-hybridized carbons (Fsp3) is 0.682. The first-order chi connectivity index (χ1) is 13.5. The molecule has 1 N–H and O–H groups in total. The number of ether oxygens (including phenoxy) is 3. The zero-order valence-electron chi connectivity index (χ0n) is 18.1. The Kier molecular flexibility index (Phi) is 9.49. The summed E-state index contributed by atoms with van der Waals surface area (Å²) in [6.07, 6.45) is 2.55. The van der Waals surface area contributed by atoms with E-state index in [-0.39, 0.29) is 41.8 Å². The summed E-state index contributed by atoms with van der Waals surface area (Å²) < 4.78 is 17.9. The van der Waals surface area contributed by atoms with Crippen molar-refractivity contribution in [3.8, 4) is 5.75 Å². The molecule has 7 heteroatoms. The molecule has 0 bridgehead atoms. The van der Waals surface area contributed by atoms with Crippen LogP contribution in [0, 0.1) is 0 Å². The number of hydrogen-bond donors (Lipinski definition) is 1. The Morgan fingerprint density at radius 2 is 1.97 bits per heavy atom. The molecule has 2 fully saturated rings. The van der Waals surface area contributed by atoms with E-state index in [2.05, 4.69) is 44.0 Å². The number of nitrogens with zero attached hydrogens (tertiary/aromatic N) is 2. The summed E-state index contributed by atoms with van der Waals surface area (Å²) in [7, 11) is 0. The minimum atomic E-state index is -0.233. The maximum Gasteiger partial charge on any atom is 0.194 e. The molecule has 6 nitrogen and oxygen atoms in total. The third kappa shape index (κ3) is 7.29. The second kappa shape index (κ2) is 11.4. The summed E-state index contributed by atoms with van der Waals surface area (Å²) in [5, 5.41) is 3.44. The van der Waals surface area contributed by atoms with Gasteiger partial charge in [0.05, 0.1) is 19.3 Å². The number of guanidine groups is 1. The standard InChI is InChI=1S/C22H35N3O3.HI/c1-5-23-21(25-12-14-27-20(16-25)19-11-8-13-26-19)24-15-17-9-6-7-10-18(17)28-22(2,3)4;/h6-7,9-10,19-20H,5,8,11-16H2,1-4H3,(H,23,24);1H. The highest BCUT2D eigenvalue weighted by atomic mass is 127. The van der Waals surface area contributed by atoms with Gasteiger partial charge in [-0.2, -0.15) is 0 Å². The summed E-state index contributed by atoms with van der Waals surface area (Å²) in [5.74, 6) is 1.83. The number of para-hydroxylation sites is 1. The van der Waals surface area contributed by atoms with Crippen molar-refractivity contribution < 1.29 is 14.2 Å². The molecule has 2 saturated heterocycles. The number of aliphatic imine (C=N–C) groups is 1. The van der Waals surface area contributed by atoms with Crippen LogP contribution < -0.4 is 10.1 Å². The first kappa shape index (κ1) is 24.2. The van der Waals surface area contributed by atoms with E-state index in [1.165, 1.54) is 0 Å². The Morgan fingerprint density at radius 1 is 1.21 bits per heavy atom. The smallest absolute Gasteiger partial charge is 0.194 e. The molecule has 2 aliphatic rings. The molecule has 2 aliphatic heterocycles. The fourth-order valence-electron chi connectivity index (χ4n) is 3.64. The van der Waals surface area contributed by atoms with Gasteiger partial charge in [-0.05, 0) is 46.6 Å². The summed E-state index contributed by atoms with van der Waals surface area (Å²) in [5.41, 5.74) is 0.861. The van der Waals surface area contributed by atoms with Gasteiger partial charge >= 0.3 is 0 Å². The highest BCUT2D eigenvalue weighted by Gasteiger charge is 2.32. The zero-order chi connectivity index (χ0) is 20.0. The van der Waals surface area contributed by atoms with Crippen LogP contribution in [-0.2, 0) is 16.0 Å². The molecule has 0 radical (unpaired) electrons. The van der Waals surface area contributed by atoms with Crippen molar-refractivity contribution in [3.63, 3.8) is 0 Å². The SMILES string of the molecule is CCNC(=NCc1ccccc1OC(C)(C)C)N1CCOC(C2CCCO2)C1.I. The van der Waals surface area contributed by atoms with E-state index in [0.717, 1.165) is 56.4 Å². The molecule has 0 saturated carbocycles. The molecule has 2 heterocycles. The maximum absolute atomic E-state index is 6.12. The van der Waals surface area contributed by atoms with Crippen molar-refractivity contribution in [1.82, 2.24) is 10.2 Å². The highest BCUT2D eigenvalue weighted by Crippen LogP contribution is 2.24. The zero-order valence-corrected chi connectivity index (χ0v) is 20.5. The topological polar surface area (TPSA) is 55.3 Å². The van der Waals surface area contributed by atoms with Crippen molar-refractivity contribution in [1.29, 1.82) is 0 Å². The van der Waals surface area contributed by atoms with E-state index >= 15 is 0 Å². The van der Waals surface area contributed by atoms with E-state index in [0.29, 0.717) is 13.2 Å². The van der Waals surface area contributed by atoms with Crippen LogP contribution in [0.25, 0.3) is 0 Å². The largest absolute Gasteiger partial charge is 0.488 e. The van der Waals surface area contributed by atoms with E-state index < -0.39 is 0 Å². The highest BCUT2D eigenvalue weighted by molar-refractivity contribution is 14.0. The molecule has 0 amide bonds. The first-order valence-electron chi connectivity index (χ1n) is 10.5. The van der Waals surface area contributed by atoms with Crippen LogP contribution in [0.15, 0.2) is 29.3 Å². The normalized spacial score (nSPS) is 22.9. The molecule has 2 atom stereocenters. The van der Waals surface area contributed by atoms with Gasteiger partial charge in [0.15, 0.2) is 5.96 Å². The van der Waals surface area contributed by atoms with E-state index in [9.17, 15) is 0 Å². The lowest BCUT2D eigenvalue weighted by atomic mass is 10.1. The summed E-state index contributed by atoms with van der Waals surface area (Å²) in [6.45, 7) is 12.9. The third-order valence-electron chi connectivity index (χ3n) is 4.90. The lowest BCUT2D eigenvalue weighted by Gasteiger charge is -2.37.